The Balaban J connectivity index is 4.16. The first-order valence-electron chi connectivity index (χ1n) is 4.94. The largest absolute Gasteiger partial charge is 0.459 e. The number of nitrogens with two attached hydrogens (primary N) is 1. The highest BCUT2D eigenvalue weighted by Crippen LogP contribution is 2.10. The summed E-state index contributed by atoms with van der Waals surface area (Å²) >= 11 is 0. The van der Waals surface area contributed by atoms with Crippen molar-refractivity contribution in [2.75, 3.05) is 7.05 Å². The first kappa shape index (κ1) is 13.9. The van der Waals surface area contributed by atoms with Crippen LogP contribution in [0.25, 0.3) is 0 Å². The van der Waals surface area contributed by atoms with Gasteiger partial charge < -0.3 is 15.8 Å². The zero-order chi connectivity index (χ0) is 12.1. The molecule has 0 bridgehead atoms. The molecular weight excluding hydrogens is 196 g/mol. The zero-order valence-corrected chi connectivity index (χ0v) is 9.79. The number of ether oxygens (including phenoxy) is 1. The van der Waals surface area contributed by atoms with E-state index in [2.05, 4.69) is 5.32 Å². The van der Waals surface area contributed by atoms with Gasteiger partial charge >= 0.3 is 5.97 Å². The minimum Gasteiger partial charge on any atom is -0.459 e. The van der Waals surface area contributed by atoms with Gasteiger partial charge in [0, 0.05) is 6.42 Å². The smallest absolute Gasteiger partial charge is 0.323 e. The molecule has 5 heteroatoms. The van der Waals surface area contributed by atoms with Crippen molar-refractivity contribution in [3.05, 3.63) is 0 Å². The molecule has 0 aliphatic rings. The fourth-order valence-corrected chi connectivity index (χ4v) is 1.04. The number of nitrogens with one attached hydrogen (secondary N) is 1. The summed E-state index contributed by atoms with van der Waals surface area (Å²) in [5, 5.41) is 2.80. The lowest BCUT2D eigenvalue weighted by Gasteiger charge is -2.23. The van der Waals surface area contributed by atoms with Gasteiger partial charge in [-0.3, -0.25) is 9.59 Å². The number of likely N-dealkylation sites (N-methyl/N-ethyl adjacent to an activating group) is 1. The highest BCUT2D eigenvalue weighted by atomic mass is 16.6. The van der Waals surface area contributed by atoms with Crippen LogP contribution in [0, 0.1) is 0 Å². The third-order valence-electron chi connectivity index (χ3n) is 1.72. The fraction of sp³-hybridized carbons (Fsp3) is 0.800. The minimum atomic E-state index is -0.515. The van der Waals surface area contributed by atoms with Crippen LogP contribution in [0.5, 0.6) is 0 Å². The highest BCUT2D eigenvalue weighted by molar-refractivity contribution is 5.78. The van der Waals surface area contributed by atoms with Gasteiger partial charge in [-0.25, -0.2) is 0 Å². The molecule has 0 saturated carbocycles. The number of hydrogen-bond donors (Lipinski definition) is 2. The Bertz CT molecular complexity index is 233. The normalized spacial score (nSPS) is 13.3. The van der Waals surface area contributed by atoms with Gasteiger partial charge in [-0.1, -0.05) is 0 Å². The average molecular weight is 216 g/mol. The number of carbonyl (C=O) groups excluding carboxylic acids is 2. The van der Waals surface area contributed by atoms with Crippen LogP contribution in [-0.4, -0.2) is 30.6 Å². The molecule has 5 nitrogen and oxygen atoms in total. The third-order valence-corrected chi connectivity index (χ3v) is 1.72. The summed E-state index contributed by atoms with van der Waals surface area (Å²) in [5.41, 5.74) is 4.49. The molecule has 0 spiro atoms. The van der Waals surface area contributed by atoms with E-state index in [0.29, 0.717) is 6.42 Å². The number of amides is 1. The summed E-state index contributed by atoms with van der Waals surface area (Å²) in [4.78, 5) is 22.1. The number of rotatable bonds is 5. The van der Waals surface area contributed by atoms with Crippen molar-refractivity contribution < 1.29 is 14.3 Å². The Hall–Kier alpha value is -1.10. The topological polar surface area (TPSA) is 81.4 Å². The van der Waals surface area contributed by atoms with E-state index in [1.807, 2.05) is 0 Å². The Kier molecular flexibility index (Phi) is 5.28. The fourth-order valence-electron chi connectivity index (χ4n) is 1.04. The van der Waals surface area contributed by atoms with Crippen molar-refractivity contribution in [2.45, 2.75) is 45.3 Å². The lowest BCUT2D eigenvalue weighted by Crippen LogP contribution is -2.40. The second kappa shape index (κ2) is 5.70. The molecule has 1 unspecified atom stereocenters. The summed E-state index contributed by atoms with van der Waals surface area (Å²) in [5.74, 6) is -0.773. The summed E-state index contributed by atoms with van der Waals surface area (Å²) in [7, 11) is 1.65. The van der Waals surface area contributed by atoms with Crippen LogP contribution in [0.15, 0.2) is 0 Å². The zero-order valence-electron chi connectivity index (χ0n) is 9.79. The van der Waals surface area contributed by atoms with Crippen LogP contribution in [0.2, 0.25) is 0 Å². The summed E-state index contributed by atoms with van der Waals surface area (Å²) in [6, 6.07) is -0.475. The Labute approximate surface area is 90.4 Å². The van der Waals surface area contributed by atoms with Crippen LogP contribution >= 0.6 is 0 Å². The average Bonchev–Trinajstić information content (AvgIpc) is 2.01. The van der Waals surface area contributed by atoms with Crippen molar-refractivity contribution in [2.24, 2.45) is 5.73 Å². The number of carbonyl (C=O) groups is 2. The molecule has 0 aliphatic heterocycles. The molecule has 0 fully saturated rings. The molecule has 1 amide bonds. The minimum absolute atomic E-state index is 0.171. The molecule has 0 aromatic heterocycles. The van der Waals surface area contributed by atoms with E-state index in [0.717, 1.165) is 0 Å². The van der Waals surface area contributed by atoms with E-state index < -0.39 is 17.6 Å². The third kappa shape index (κ3) is 6.90. The molecule has 3 N–H and O–H groups in total. The lowest BCUT2D eigenvalue weighted by molar-refractivity contribution is -0.157. The van der Waals surface area contributed by atoms with Crippen molar-refractivity contribution in [3.63, 3.8) is 0 Å². The van der Waals surface area contributed by atoms with E-state index in [9.17, 15) is 9.59 Å². The van der Waals surface area contributed by atoms with Gasteiger partial charge in [-0.2, -0.15) is 0 Å². The van der Waals surface area contributed by atoms with Crippen LogP contribution in [0.4, 0.5) is 0 Å². The van der Waals surface area contributed by atoms with E-state index >= 15 is 0 Å². The maximum Gasteiger partial charge on any atom is 0.323 e. The Morgan fingerprint density at radius 3 is 2.27 bits per heavy atom. The van der Waals surface area contributed by atoms with Crippen molar-refractivity contribution in [3.8, 4) is 0 Å². The number of esters is 1. The Morgan fingerprint density at radius 1 is 1.40 bits per heavy atom. The highest BCUT2D eigenvalue weighted by Gasteiger charge is 2.23. The second-order valence-corrected chi connectivity index (χ2v) is 4.38. The van der Waals surface area contributed by atoms with Crippen LogP contribution in [0.3, 0.4) is 0 Å². The molecule has 15 heavy (non-hydrogen) atoms. The maximum atomic E-state index is 11.6. The first-order chi connectivity index (χ1) is 6.76. The van der Waals surface area contributed by atoms with Gasteiger partial charge in [-0.05, 0) is 34.2 Å². The molecule has 88 valence electrons. The van der Waals surface area contributed by atoms with Crippen LogP contribution in [-0.2, 0) is 14.3 Å². The molecular formula is C10H20N2O3. The second-order valence-electron chi connectivity index (χ2n) is 4.38. The molecule has 0 aromatic rings. The van der Waals surface area contributed by atoms with Gasteiger partial charge in [0.25, 0.3) is 0 Å². The molecule has 0 rings (SSSR count). The Morgan fingerprint density at radius 2 is 1.93 bits per heavy atom. The number of hydrogen-bond acceptors (Lipinski definition) is 4. The quantitative estimate of drug-likeness (QED) is 0.642. The molecule has 0 aromatic carbocycles. The first-order valence-corrected chi connectivity index (χ1v) is 4.94. The van der Waals surface area contributed by atoms with Crippen molar-refractivity contribution in [1.29, 1.82) is 0 Å². The van der Waals surface area contributed by atoms with E-state index in [-0.39, 0.29) is 12.4 Å². The van der Waals surface area contributed by atoms with Gasteiger partial charge in [0.15, 0.2) is 0 Å². The number of primary amides is 1. The monoisotopic (exact) mass is 216 g/mol. The molecule has 0 aliphatic carbocycles. The summed E-state index contributed by atoms with van der Waals surface area (Å²) in [6.07, 6.45) is 0.533. The lowest BCUT2D eigenvalue weighted by atomic mass is 10.1. The van der Waals surface area contributed by atoms with E-state index in [1.165, 1.54) is 0 Å². The predicted molar refractivity (Wildman–Crippen MR) is 57.1 cm³/mol. The molecule has 0 radical (unpaired) electrons. The van der Waals surface area contributed by atoms with Gasteiger partial charge in [0.2, 0.25) is 5.91 Å². The van der Waals surface area contributed by atoms with Crippen LogP contribution in [0.1, 0.15) is 33.6 Å². The van der Waals surface area contributed by atoms with E-state index in [4.69, 9.17) is 10.5 Å². The van der Waals surface area contributed by atoms with Crippen LogP contribution < -0.4 is 11.1 Å². The molecule has 0 heterocycles. The summed E-state index contributed by atoms with van der Waals surface area (Å²) < 4.78 is 5.17. The molecule has 0 saturated heterocycles. The van der Waals surface area contributed by atoms with Gasteiger partial charge in [0.1, 0.15) is 11.6 Å². The van der Waals surface area contributed by atoms with E-state index in [1.54, 1.807) is 27.8 Å². The van der Waals surface area contributed by atoms with Gasteiger partial charge in [0.05, 0.1) is 0 Å². The van der Waals surface area contributed by atoms with Gasteiger partial charge in [-0.15, -0.1) is 0 Å². The van der Waals surface area contributed by atoms with Crippen molar-refractivity contribution >= 4 is 11.9 Å². The maximum absolute atomic E-state index is 11.6. The standard InChI is InChI=1S/C10H20N2O3/c1-10(2,3)15-9(14)7(12-4)5-6-8(11)13/h7,12H,5-6H2,1-4H3,(H2,11,13). The summed E-state index contributed by atoms with van der Waals surface area (Å²) in [6.45, 7) is 5.39. The van der Waals surface area contributed by atoms with Crippen molar-refractivity contribution in [1.82, 2.24) is 5.32 Å². The molecule has 1 atom stereocenters. The predicted octanol–water partition coefficient (Wildman–Crippen LogP) is 0.182. The SMILES string of the molecule is CNC(CCC(N)=O)C(=O)OC(C)(C)C.